The van der Waals surface area contributed by atoms with E-state index in [1.165, 1.54) is 0 Å². The summed E-state index contributed by atoms with van der Waals surface area (Å²) in [4.78, 5) is 38.8. The first-order valence-electron chi connectivity index (χ1n) is 16.4. The Kier molecular flexibility index (Phi) is 12.1. The summed E-state index contributed by atoms with van der Waals surface area (Å²) < 4.78 is 11.0. The Morgan fingerprint density at radius 2 is 1.28 bits per heavy atom. The van der Waals surface area contributed by atoms with Crippen LogP contribution >= 0.6 is 0 Å². The van der Waals surface area contributed by atoms with E-state index >= 15 is 0 Å². The van der Waals surface area contributed by atoms with Crippen LogP contribution in [0.3, 0.4) is 0 Å². The number of benzene rings is 5. The molecular formula is C41H40N4O5. The molecule has 0 spiro atoms. The molecule has 5 aromatic rings. The van der Waals surface area contributed by atoms with Gasteiger partial charge in [0.2, 0.25) is 0 Å². The maximum Gasteiger partial charge on any atom is 0.413 e. The van der Waals surface area contributed by atoms with E-state index in [-0.39, 0.29) is 30.9 Å². The van der Waals surface area contributed by atoms with Gasteiger partial charge in [-0.25, -0.2) is 9.59 Å². The van der Waals surface area contributed by atoms with Crippen LogP contribution in [0.15, 0.2) is 127 Å². The predicted octanol–water partition coefficient (Wildman–Crippen LogP) is 7.96. The van der Waals surface area contributed by atoms with Crippen LogP contribution in [0.5, 0.6) is 0 Å². The molecule has 9 heteroatoms. The van der Waals surface area contributed by atoms with Gasteiger partial charge < -0.3 is 20.1 Å². The first-order valence-corrected chi connectivity index (χ1v) is 16.4. The SMILES string of the molecule is CC(C)CNC(=O)c1ccc(-c2ccccc2CNc2ccc(C(=N)NC(=O)OCc3ccccc3)cc2)c(C(=O)OCc2ccccc2)c1. The van der Waals surface area contributed by atoms with Crippen molar-refractivity contribution < 1.29 is 23.9 Å². The third kappa shape index (κ3) is 9.90. The maximum absolute atomic E-state index is 13.6. The van der Waals surface area contributed by atoms with Crippen LogP contribution in [0.25, 0.3) is 11.1 Å². The van der Waals surface area contributed by atoms with Gasteiger partial charge >= 0.3 is 12.1 Å². The van der Waals surface area contributed by atoms with Gasteiger partial charge in [0.25, 0.3) is 5.91 Å². The Labute approximate surface area is 292 Å². The number of hydrogen-bond acceptors (Lipinski definition) is 7. The highest BCUT2D eigenvalue weighted by Crippen LogP contribution is 2.30. The third-order valence-corrected chi connectivity index (χ3v) is 7.79. The van der Waals surface area contributed by atoms with Gasteiger partial charge in [-0.05, 0) is 70.1 Å². The molecule has 0 atom stereocenters. The van der Waals surface area contributed by atoms with Crippen molar-refractivity contribution in [2.45, 2.75) is 33.6 Å². The molecule has 0 unspecified atom stereocenters. The lowest BCUT2D eigenvalue weighted by molar-refractivity contribution is 0.0473. The minimum atomic E-state index is -0.704. The van der Waals surface area contributed by atoms with Crippen molar-refractivity contribution >= 4 is 29.5 Å². The Morgan fingerprint density at radius 3 is 1.94 bits per heavy atom. The highest BCUT2D eigenvalue weighted by Gasteiger charge is 2.20. The van der Waals surface area contributed by atoms with E-state index in [2.05, 4.69) is 16.0 Å². The van der Waals surface area contributed by atoms with E-state index in [0.717, 1.165) is 27.9 Å². The van der Waals surface area contributed by atoms with E-state index in [1.54, 1.807) is 30.3 Å². The Morgan fingerprint density at radius 1 is 0.680 bits per heavy atom. The van der Waals surface area contributed by atoms with Gasteiger partial charge in [0, 0.05) is 29.9 Å². The lowest BCUT2D eigenvalue weighted by atomic mass is 9.93. The van der Waals surface area contributed by atoms with Crippen LogP contribution in [0.2, 0.25) is 0 Å². The van der Waals surface area contributed by atoms with Gasteiger partial charge in [-0.3, -0.25) is 15.5 Å². The quantitative estimate of drug-likeness (QED) is 0.0572. The lowest BCUT2D eigenvalue weighted by Crippen LogP contribution is -2.30. The van der Waals surface area contributed by atoms with Crippen molar-refractivity contribution in [3.63, 3.8) is 0 Å². The zero-order valence-electron chi connectivity index (χ0n) is 28.1. The molecule has 50 heavy (non-hydrogen) atoms. The maximum atomic E-state index is 13.6. The van der Waals surface area contributed by atoms with E-state index in [0.29, 0.717) is 35.3 Å². The molecule has 0 aliphatic rings. The predicted molar refractivity (Wildman–Crippen MR) is 195 cm³/mol. The fraction of sp³-hybridized carbons (Fsp3) is 0.171. The van der Waals surface area contributed by atoms with Crippen LogP contribution in [0, 0.1) is 11.3 Å². The van der Waals surface area contributed by atoms with Crippen molar-refractivity contribution in [1.29, 1.82) is 5.41 Å². The average molecular weight is 669 g/mol. The highest BCUT2D eigenvalue weighted by atomic mass is 16.5. The third-order valence-electron chi connectivity index (χ3n) is 7.79. The van der Waals surface area contributed by atoms with Crippen LogP contribution < -0.4 is 16.0 Å². The zero-order chi connectivity index (χ0) is 35.3. The summed E-state index contributed by atoms with van der Waals surface area (Å²) in [6, 6.07) is 38.7. The number of amides is 2. The summed E-state index contributed by atoms with van der Waals surface area (Å²) in [6.07, 6.45) is -0.704. The van der Waals surface area contributed by atoms with Crippen LogP contribution in [-0.4, -0.2) is 30.4 Å². The second kappa shape index (κ2) is 17.3. The number of anilines is 1. The summed E-state index contributed by atoms with van der Waals surface area (Å²) in [7, 11) is 0. The number of esters is 1. The lowest BCUT2D eigenvalue weighted by Gasteiger charge is -2.16. The van der Waals surface area contributed by atoms with Crippen LogP contribution in [0.1, 0.15) is 56.8 Å². The Bertz CT molecular complexity index is 1930. The van der Waals surface area contributed by atoms with Gasteiger partial charge in [-0.2, -0.15) is 0 Å². The average Bonchev–Trinajstić information content (AvgIpc) is 3.15. The molecular weight excluding hydrogens is 628 g/mol. The molecule has 0 saturated heterocycles. The minimum Gasteiger partial charge on any atom is -0.457 e. The highest BCUT2D eigenvalue weighted by molar-refractivity contribution is 6.05. The van der Waals surface area contributed by atoms with Gasteiger partial charge in [0.1, 0.15) is 19.0 Å². The first kappa shape index (κ1) is 35.1. The van der Waals surface area contributed by atoms with E-state index in [1.807, 2.05) is 111 Å². The number of alkyl carbamates (subject to hydrolysis) is 1. The monoisotopic (exact) mass is 668 g/mol. The molecule has 0 aromatic heterocycles. The molecule has 0 bridgehead atoms. The molecule has 9 nitrogen and oxygen atoms in total. The summed E-state index contributed by atoms with van der Waals surface area (Å²) in [5.74, 6) is -0.580. The molecule has 5 rings (SSSR count). The summed E-state index contributed by atoms with van der Waals surface area (Å²) >= 11 is 0. The standard InChI is InChI=1S/C41H40N4O5/c1-28(2)24-44-39(46)32-19-22-36(37(23-32)40(47)49-26-29-11-5-3-6-12-29)35-16-10-9-15-33(35)25-43-34-20-17-31(18-21-34)38(42)45-41(48)50-27-30-13-7-4-8-14-30/h3-23,28,43H,24-27H2,1-2H3,(H,44,46)(H2,42,45,48). The topological polar surface area (TPSA) is 130 Å². The van der Waals surface area contributed by atoms with Crippen LogP contribution in [0.4, 0.5) is 10.5 Å². The Balaban J connectivity index is 1.28. The first-order chi connectivity index (χ1) is 24.3. The zero-order valence-corrected chi connectivity index (χ0v) is 28.1. The number of carbonyl (C=O) groups is 3. The molecule has 4 N–H and O–H groups in total. The smallest absolute Gasteiger partial charge is 0.413 e. The normalized spacial score (nSPS) is 10.6. The van der Waals surface area contributed by atoms with Crippen molar-refractivity contribution in [1.82, 2.24) is 10.6 Å². The molecule has 0 aliphatic carbocycles. The minimum absolute atomic E-state index is 0.0760. The second-order valence-electron chi connectivity index (χ2n) is 12.1. The molecule has 0 radical (unpaired) electrons. The molecule has 0 saturated carbocycles. The fourth-order valence-electron chi connectivity index (χ4n) is 5.11. The number of rotatable bonds is 13. The molecule has 254 valence electrons. The van der Waals surface area contributed by atoms with E-state index in [4.69, 9.17) is 14.9 Å². The molecule has 0 aliphatic heterocycles. The number of amidine groups is 1. The van der Waals surface area contributed by atoms with Gasteiger partial charge in [-0.1, -0.05) is 105 Å². The van der Waals surface area contributed by atoms with Gasteiger partial charge in [-0.15, -0.1) is 0 Å². The van der Waals surface area contributed by atoms with Crippen molar-refractivity contribution in [3.8, 4) is 11.1 Å². The van der Waals surface area contributed by atoms with Crippen molar-refractivity contribution in [2.24, 2.45) is 5.92 Å². The van der Waals surface area contributed by atoms with Crippen molar-refractivity contribution in [3.05, 3.63) is 161 Å². The number of nitrogens with one attached hydrogen (secondary N) is 4. The van der Waals surface area contributed by atoms with Gasteiger partial charge in [0.15, 0.2) is 0 Å². The molecule has 0 fully saturated rings. The van der Waals surface area contributed by atoms with E-state index < -0.39 is 12.1 Å². The van der Waals surface area contributed by atoms with Gasteiger partial charge in [0.05, 0.1) is 5.56 Å². The van der Waals surface area contributed by atoms with E-state index in [9.17, 15) is 14.4 Å². The number of carbonyl (C=O) groups excluding carboxylic acids is 3. The molecule has 0 heterocycles. The largest absolute Gasteiger partial charge is 0.457 e. The fourth-order valence-corrected chi connectivity index (χ4v) is 5.11. The summed E-state index contributed by atoms with van der Waals surface area (Å²) in [5.41, 5.74) is 6.08. The Hall–Kier alpha value is -6.22. The molecule has 5 aromatic carbocycles. The molecule has 2 amide bonds. The van der Waals surface area contributed by atoms with Crippen molar-refractivity contribution in [2.75, 3.05) is 11.9 Å². The van der Waals surface area contributed by atoms with Crippen LogP contribution in [-0.2, 0) is 29.2 Å². The summed E-state index contributed by atoms with van der Waals surface area (Å²) in [5, 5.41) is 17.1. The number of ether oxygens (including phenoxy) is 2. The second-order valence-corrected chi connectivity index (χ2v) is 12.1. The number of hydrogen-bond donors (Lipinski definition) is 4. The summed E-state index contributed by atoms with van der Waals surface area (Å²) in [6.45, 7) is 5.19.